The molecule has 7 nitrogen and oxygen atoms in total. The van der Waals surface area contributed by atoms with Gasteiger partial charge in [-0.1, -0.05) is 42.4 Å². The molecule has 1 aliphatic rings. The SMILES string of the molecule is C=C(c1ccccc1OCC(=O)N1N=C(c2ccc(Cl)cc2)C[C@H]1c1ccco1)n1ccnc1. The van der Waals surface area contributed by atoms with E-state index < -0.39 is 0 Å². The van der Waals surface area contributed by atoms with Crippen LogP contribution in [0.15, 0.2) is 102 Å². The Labute approximate surface area is 201 Å². The van der Waals surface area contributed by atoms with Gasteiger partial charge in [-0.25, -0.2) is 9.99 Å². The number of carbonyl (C=O) groups excluding carboxylic acids is 1. The van der Waals surface area contributed by atoms with Crippen molar-refractivity contribution in [3.8, 4) is 5.75 Å². The van der Waals surface area contributed by atoms with Crippen LogP contribution < -0.4 is 4.74 Å². The van der Waals surface area contributed by atoms with Gasteiger partial charge < -0.3 is 13.7 Å². The predicted octanol–water partition coefficient (Wildman–Crippen LogP) is 5.41. The fraction of sp³-hybridized carbons (Fsp3) is 0.115. The maximum Gasteiger partial charge on any atom is 0.281 e. The van der Waals surface area contributed by atoms with Gasteiger partial charge in [-0.3, -0.25) is 4.79 Å². The third-order valence-corrected chi connectivity index (χ3v) is 5.83. The van der Waals surface area contributed by atoms with Gasteiger partial charge in [0.05, 0.1) is 24.0 Å². The molecule has 0 spiro atoms. The Bertz CT molecular complexity index is 1330. The summed E-state index contributed by atoms with van der Waals surface area (Å²) in [7, 11) is 0. The Kier molecular flexibility index (Phi) is 6.01. The summed E-state index contributed by atoms with van der Waals surface area (Å²) in [6.07, 6.45) is 7.25. The number of hydrogen-bond donors (Lipinski definition) is 0. The molecule has 0 saturated carbocycles. The van der Waals surface area contributed by atoms with Gasteiger partial charge >= 0.3 is 0 Å². The number of nitrogens with zero attached hydrogens (tertiary/aromatic N) is 4. The van der Waals surface area contributed by atoms with Gasteiger partial charge in [0.2, 0.25) is 0 Å². The van der Waals surface area contributed by atoms with Crippen LogP contribution in [0, 0.1) is 0 Å². The van der Waals surface area contributed by atoms with Crippen LogP contribution >= 0.6 is 11.6 Å². The quantitative estimate of drug-likeness (QED) is 0.360. The lowest BCUT2D eigenvalue weighted by molar-refractivity contribution is -0.135. The standard InChI is InChI=1S/C26H21ClN4O3/c1-18(30-13-12-28-17-30)21-5-2-3-6-24(21)34-16-26(32)31-23(25-7-4-14-33-25)15-22(29-31)19-8-10-20(27)11-9-19/h2-14,17,23H,1,15-16H2/t23-/m0/s1. The second kappa shape index (κ2) is 9.41. The van der Waals surface area contributed by atoms with Crippen molar-refractivity contribution in [1.29, 1.82) is 0 Å². The highest BCUT2D eigenvalue weighted by Gasteiger charge is 2.35. The van der Waals surface area contributed by atoms with E-state index in [0.717, 1.165) is 16.8 Å². The topological polar surface area (TPSA) is 72.9 Å². The largest absolute Gasteiger partial charge is 0.483 e. The molecule has 170 valence electrons. The van der Waals surface area contributed by atoms with Crippen molar-refractivity contribution >= 4 is 28.9 Å². The van der Waals surface area contributed by atoms with Crippen LogP contribution in [-0.2, 0) is 4.79 Å². The number of benzene rings is 2. The summed E-state index contributed by atoms with van der Waals surface area (Å²) >= 11 is 6.03. The highest BCUT2D eigenvalue weighted by molar-refractivity contribution is 6.30. The molecule has 5 rings (SSSR count). The Balaban J connectivity index is 1.37. The number of furan rings is 1. The first-order chi connectivity index (χ1) is 16.6. The number of imidazole rings is 1. The Morgan fingerprint density at radius 2 is 1.97 bits per heavy atom. The van der Waals surface area contributed by atoms with E-state index in [4.69, 9.17) is 20.8 Å². The van der Waals surface area contributed by atoms with Gasteiger partial charge in [-0.05, 0) is 42.0 Å². The first-order valence-electron chi connectivity index (χ1n) is 10.7. The molecule has 34 heavy (non-hydrogen) atoms. The summed E-state index contributed by atoms with van der Waals surface area (Å²) < 4.78 is 13.3. The van der Waals surface area contributed by atoms with Crippen LogP contribution in [0.4, 0.5) is 0 Å². The number of halogens is 1. The summed E-state index contributed by atoms with van der Waals surface area (Å²) in [4.78, 5) is 17.3. The van der Waals surface area contributed by atoms with Crippen molar-refractivity contribution in [2.75, 3.05) is 6.61 Å². The van der Waals surface area contributed by atoms with Gasteiger partial charge in [-0.15, -0.1) is 0 Å². The molecule has 0 N–H and O–H groups in total. The smallest absolute Gasteiger partial charge is 0.281 e. The number of para-hydroxylation sites is 1. The molecule has 0 saturated heterocycles. The van der Waals surface area contributed by atoms with E-state index in [1.807, 2.05) is 36.4 Å². The molecular weight excluding hydrogens is 452 g/mol. The lowest BCUT2D eigenvalue weighted by atomic mass is 10.0. The molecule has 4 aromatic rings. The van der Waals surface area contributed by atoms with E-state index in [1.165, 1.54) is 5.01 Å². The van der Waals surface area contributed by atoms with Crippen LogP contribution in [0.2, 0.25) is 5.02 Å². The first-order valence-corrected chi connectivity index (χ1v) is 11.1. The van der Waals surface area contributed by atoms with E-state index in [9.17, 15) is 4.79 Å². The zero-order chi connectivity index (χ0) is 23.5. The van der Waals surface area contributed by atoms with Gasteiger partial charge in [0.25, 0.3) is 5.91 Å². The molecule has 0 unspecified atom stereocenters. The predicted molar refractivity (Wildman–Crippen MR) is 129 cm³/mol. The van der Waals surface area contributed by atoms with Crippen LogP contribution in [0.1, 0.15) is 29.3 Å². The number of amides is 1. The number of aromatic nitrogens is 2. The van der Waals surface area contributed by atoms with Crippen molar-refractivity contribution in [2.45, 2.75) is 12.5 Å². The fourth-order valence-corrected chi connectivity index (χ4v) is 3.98. The summed E-state index contributed by atoms with van der Waals surface area (Å²) in [5, 5.41) is 6.70. The van der Waals surface area contributed by atoms with Crippen molar-refractivity contribution in [3.63, 3.8) is 0 Å². The molecule has 0 bridgehead atoms. The third-order valence-electron chi connectivity index (χ3n) is 5.58. The van der Waals surface area contributed by atoms with Crippen LogP contribution in [-0.4, -0.2) is 32.8 Å². The minimum Gasteiger partial charge on any atom is -0.483 e. The molecule has 8 heteroatoms. The van der Waals surface area contributed by atoms with Crippen molar-refractivity contribution < 1.29 is 13.9 Å². The average molecular weight is 473 g/mol. The molecule has 3 heterocycles. The summed E-state index contributed by atoms with van der Waals surface area (Å²) in [5.74, 6) is 0.925. The second-order valence-electron chi connectivity index (χ2n) is 7.73. The maximum atomic E-state index is 13.3. The van der Waals surface area contributed by atoms with Crippen molar-refractivity contribution in [2.24, 2.45) is 5.10 Å². The molecule has 0 aliphatic carbocycles. The Hall–Kier alpha value is -4.10. The molecule has 1 atom stereocenters. The summed E-state index contributed by atoms with van der Waals surface area (Å²) in [5.41, 5.74) is 3.14. The van der Waals surface area contributed by atoms with E-state index in [2.05, 4.69) is 16.7 Å². The monoisotopic (exact) mass is 472 g/mol. The van der Waals surface area contributed by atoms with Crippen LogP contribution in [0.3, 0.4) is 0 Å². The molecule has 2 aromatic carbocycles. The number of hydrogen-bond acceptors (Lipinski definition) is 5. The van der Waals surface area contributed by atoms with Gasteiger partial charge in [0, 0.05) is 29.4 Å². The molecule has 1 amide bonds. The highest BCUT2D eigenvalue weighted by atomic mass is 35.5. The van der Waals surface area contributed by atoms with E-state index in [1.54, 1.807) is 53.8 Å². The number of rotatable bonds is 7. The van der Waals surface area contributed by atoms with Crippen molar-refractivity contribution in [3.05, 3.63) is 114 Å². The molecule has 0 radical (unpaired) electrons. The van der Waals surface area contributed by atoms with Crippen molar-refractivity contribution in [1.82, 2.24) is 14.6 Å². The number of ether oxygens (including phenoxy) is 1. The normalized spacial score (nSPS) is 15.3. The fourth-order valence-electron chi connectivity index (χ4n) is 3.85. The minimum atomic E-state index is -0.354. The van der Waals surface area contributed by atoms with Gasteiger partial charge in [-0.2, -0.15) is 5.10 Å². The maximum absolute atomic E-state index is 13.3. The zero-order valence-corrected chi connectivity index (χ0v) is 18.9. The first kappa shape index (κ1) is 21.7. The number of carbonyl (C=O) groups is 1. The van der Waals surface area contributed by atoms with Crippen LogP contribution in [0.25, 0.3) is 5.70 Å². The highest BCUT2D eigenvalue weighted by Crippen LogP contribution is 2.34. The van der Waals surface area contributed by atoms with Gasteiger partial charge in [0.1, 0.15) is 17.6 Å². The Morgan fingerprint density at radius 3 is 2.71 bits per heavy atom. The molecular formula is C26H21ClN4O3. The van der Waals surface area contributed by atoms with E-state index in [0.29, 0.717) is 28.7 Å². The summed E-state index contributed by atoms with van der Waals surface area (Å²) in [6, 6.07) is 18.1. The minimum absolute atomic E-state index is 0.192. The second-order valence-corrected chi connectivity index (χ2v) is 8.17. The van der Waals surface area contributed by atoms with Crippen LogP contribution in [0.5, 0.6) is 5.75 Å². The molecule has 1 aliphatic heterocycles. The van der Waals surface area contributed by atoms with E-state index >= 15 is 0 Å². The average Bonchev–Trinajstić information content (AvgIpc) is 3.64. The van der Waals surface area contributed by atoms with Gasteiger partial charge in [0.15, 0.2) is 6.61 Å². The Morgan fingerprint density at radius 1 is 1.15 bits per heavy atom. The number of hydrazone groups is 1. The molecule has 0 fully saturated rings. The third kappa shape index (κ3) is 4.38. The summed E-state index contributed by atoms with van der Waals surface area (Å²) in [6.45, 7) is 3.94. The lowest BCUT2D eigenvalue weighted by Gasteiger charge is -2.20. The lowest BCUT2D eigenvalue weighted by Crippen LogP contribution is -2.31. The van der Waals surface area contributed by atoms with E-state index in [-0.39, 0.29) is 18.6 Å². The molecule has 2 aromatic heterocycles. The zero-order valence-electron chi connectivity index (χ0n) is 18.2.